The van der Waals surface area contributed by atoms with E-state index < -0.39 is 10.0 Å². The van der Waals surface area contributed by atoms with Crippen LogP contribution in [0.4, 0.5) is 0 Å². The maximum atomic E-state index is 12.1. The van der Waals surface area contributed by atoms with Gasteiger partial charge in [0.15, 0.2) is 0 Å². The summed E-state index contributed by atoms with van der Waals surface area (Å²) in [4.78, 5) is 0.200. The van der Waals surface area contributed by atoms with Crippen molar-refractivity contribution in [1.82, 2.24) is 4.72 Å². The highest BCUT2D eigenvalue weighted by Crippen LogP contribution is 2.14. The molecule has 0 unspecified atom stereocenters. The first-order valence-corrected chi connectivity index (χ1v) is 7.99. The molecule has 0 heterocycles. The molecule has 1 N–H and O–H groups in total. The Labute approximate surface area is 120 Å². The summed E-state index contributed by atoms with van der Waals surface area (Å²) in [6, 6.07) is 6.53. The number of sulfonamides is 1. The van der Waals surface area contributed by atoms with Crippen LogP contribution in [0.5, 0.6) is 0 Å². The van der Waals surface area contributed by atoms with Gasteiger partial charge in [-0.15, -0.1) is 0 Å². The van der Waals surface area contributed by atoms with E-state index in [-0.39, 0.29) is 4.90 Å². The number of nitriles is 1. The van der Waals surface area contributed by atoms with E-state index in [0.29, 0.717) is 24.3 Å². The first-order chi connectivity index (χ1) is 9.51. The molecule has 1 aromatic carbocycles. The van der Waals surface area contributed by atoms with Crippen LogP contribution < -0.4 is 4.72 Å². The summed E-state index contributed by atoms with van der Waals surface area (Å²) in [6.07, 6.45) is 2.62. The van der Waals surface area contributed by atoms with Gasteiger partial charge in [0.1, 0.15) is 0 Å². The zero-order valence-electron chi connectivity index (χ0n) is 11.8. The van der Waals surface area contributed by atoms with Crippen LogP contribution in [0.1, 0.15) is 30.4 Å². The van der Waals surface area contributed by atoms with Gasteiger partial charge in [0.05, 0.1) is 16.5 Å². The van der Waals surface area contributed by atoms with Crippen molar-refractivity contribution in [3.63, 3.8) is 0 Å². The van der Waals surface area contributed by atoms with E-state index in [4.69, 9.17) is 10.00 Å². The minimum absolute atomic E-state index is 0.200. The van der Waals surface area contributed by atoms with Crippen LogP contribution >= 0.6 is 0 Å². The number of ether oxygens (including phenoxy) is 1. The molecule has 5 nitrogen and oxygen atoms in total. The number of unbranched alkanes of at least 4 members (excludes halogenated alkanes) is 2. The molecule has 110 valence electrons. The lowest BCUT2D eigenvalue weighted by Crippen LogP contribution is -2.25. The molecule has 6 heteroatoms. The van der Waals surface area contributed by atoms with Crippen LogP contribution in [0.25, 0.3) is 0 Å². The third-order valence-electron chi connectivity index (χ3n) is 2.95. The van der Waals surface area contributed by atoms with Crippen molar-refractivity contribution in [1.29, 1.82) is 5.26 Å². The molecule has 0 bridgehead atoms. The minimum atomic E-state index is -3.49. The highest BCUT2D eigenvalue weighted by molar-refractivity contribution is 7.89. The quantitative estimate of drug-likeness (QED) is 0.744. The fourth-order valence-electron chi connectivity index (χ4n) is 1.77. The minimum Gasteiger partial charge on any atom is -0.385 e. The molecular weight excluding hydrogens is 276 g/mol. The number of hydrogen-bond acceptors (Lipinski definition) is 4. The smallest absolute Gasteiger partial charge is 0.240 e. The highest BCUT2D eigenvalue weighted by atomic mass is 32.2. The average Bonchev–Trinajstić information content (AvgIpc) is 2.42. The molecule has 20 heavy (non-hydrogen) atoms. The molecule has 0 spiro atoms. The third-order valence-corrected chi connectivity index (χ3v) is 4.40. The number of nitrogens with zero attached hydrogens (tertiary/aromatic N) is 1. The molecule has 0 saturated heterocycles. The molecule has 0 atom stereocenters. The van der Waals surface area contributed by atoms with Crippen molar-refractivity contribution in [2.75, 3.05) is 20.3 Å². The largest absolute Gasteiger partial charge is 0.385 e. The second kappa shape index (κ2) is 8.00. The molecule has 0 aliphatic heterocycles. The van der Waals surface area contributed by atoms with Crippen LogP contribution in [-0.2, 0) is 14.8 Å². The Bertz CT molecular complexity index is 577. The van der Waals surface area contributed by atoms with E-state index in [9.17, 15) is 8.42 Å². The molecule has 0 amide bonds. The van der Waals surface area contributed by atoms with E-state index in [2.05, 4.69) is 4.72 Å². The fraction of sp³-hybridized carbons (Fsp3) is 0.500. The number of rotatable bonds is 8. The zero-order chi connectivity index (χ0) is 15.0. The van der Waals surface area contributed by atoms with E-state index in [1.807, 2.05) is 6.07 Å². The maximum absolute atomic E-state index is 12.1. The molecule has 0 saturated carbocycles. The summed E-state index contributed by atoms with van der Waals surface area (Å²) in [5.74, 6) is 0. The summed E-state index contributed by atoms with van der Waals surface area (Å²) >= 11 is 0. The Balaban J connectivity index is 2.57. The number of nitrogens with one attached hydrogen (secondary N) is 1. The van der Waals surface area contributed by atoms with Gasteiger partial charge in [-0.3, -0.25) is 0 Å². The number of hydrogen-bond donors (Lipinski definition) is 1. The van der Waals surface area contributed by atoms with Gasteiger partial charge in [0, 0.05) is 20.3 Å². The van der Waals surface area contributed by atoms with Gasteiger partial charge < -0.3 is 4.74 Å². The lowest BCUT2D eigenvalue weighted by Gasteiger charge is -2.08. The predicted octanol–water partition coefficient (Wildman–Crippen LogP) is 1.96. The van der Waals surface area contributed by atoms with Crippen LogP contribution in [0.3, 0.4) is 0 Å². The maximum Gasteiger partial charge on any atom is 0.240 e. The third kappa shape index (κ3) is 4.93. The first kappa shape index (κ1) is 16.6. The zero-order valence-corrected chi connectivity index (χ0v) is 12.7. The Hall–Kier alpha value is -1.42. The summed E-state index contributed by atoms with van der Waals surface area (Å²) in [5, 5.41) is 8.83. The van der Waals surface area contributed by atoms with Gasteiger partial charge in [0.25, 0.3) is 0 Å². The molecule has 0 fully saturated rings. The Morgan fingerprint density at radius 2 is 2.05 bits per heavy atom. The van der Waals surface area contributed by atoms with Crippen molar-refractivity contribution in [2.24, 2.45) is 0 Å². The number of benzene rings is 1. The Morgan fingerprint density at radius 1 is 1.30 bits per heavy atom. The van der Waals surface area contributed by atoms with Crippen molar-refractivity contribution in [3.8, 4) is 6.07 Å². The van der Waals surface area contributed by atoms with E-state index >= 15 is 0 Å². The number of methoxy groups -OCH3 is 1. The standard InChI is InChI=1S/C14H20N2O3S/c1-12-10-14(7-6-13(12)11-15)20(17,18)16-8-4-3-5-9-19-2/h6-7,10,16H,3-5,8-9H2,1-2H3. The number of aryl methyl sites for hydroxylation is 1. The topological polar surface area (TPSA) is 79.2 Å². The van der Waals surface area contributed by atoms with Gasteiger partial charge in [-0.05, 0) is 49.9 Å². The normalized spacial score (nSPS) is 11.2. The van der Waals surface area contributed by atoms with Gasteiger partial charge >= 0.3 is 0 Å². The molecule has 0 aliphatic carbocycles. The predicted molar refractivity (Wildman–Crippen MR) is 76.8 cm³/mol. The second-order valence-electron chi connectivity index (χ2n) is 4.54. The van der Waals surface area contributed by atoms with Gasteiger partial charge in [-0.2, -0.15) is 5.26 Å². The summed E-state index contributed by atoms with van der Waals surface area (Å²) in [5.41, 5.74) is 1.15. The van der Waals surface area contributed by atoms with Crippen LogP contribution in [0.15, 0.2) is 23.1 Å². The Kier molecular flexibility index (Phi) is 6.65. The average molecular weight is 296 g/mol. The second-order valence-corrected chi connectivity index (χ2v) is 6.31. The molecular formula is C14H20N2O3S. The lowest BCUT2D eigenvalue weighted by atomic mass is 10.1. The fourth-order valence-corrected chi connectivity index (χ4v) is 2.93. The van der Waals surface area contributed by atoms with Crippen molar-refractivity contribution in [2.45, 2.75) is 31.1 Å². The van der Waals surface area contributed by atoms with E-state index in [0.717, 1.165) is 19.3 Å². The van der Waals surface area contributed by atoms with Crippen LogP contribution in [0, 0.1) is 18.3 Å². The van der Waals surface area contributed by atoms with Crippen LogP contribution in [-0.4, -0.2) is 28.7 Å². The van der Waals surface area contributed by atoms with Gasteiger partial charge in [-0.1, -0.05) is 0 Å². The van der Waals surface area contributed by atoms with Crippen molar-refractivity contribution >= 4 is 10.0 Å². The monoisotopic (exact) mass is 296 g/mol. The SMILES string of the molecule is COCCCCCNS(=O)(=O)c1ccc(C#N)c(C)c1. The molecule has 1 rings (SSSR count). The van der Waals surface area contributed by atoms with Crippen LogP contribution in [0.2, 0.25) is 0 Å². The summed E-state index contributed by atoms with van der Waals surface area (Å²) < 4.78 is 31.6. The van der Waals surface area contributed by atoms with Gasteiger partial charge in [-0.25, -0.2) is 13.1 Å². The van der Waals surface area contributed by atoms with Gasteiger partial charge in [0.2, 0.25) is 10.0 Å². The lowest BCUT2D eigenvalue weighted by molar-refractivity contribution is 0.192. The van der Waals surface area contributed by atoms with Crippen molar-refractivity contribution in [3.05, 3.63) is 29.3 Å². The highest BCUT2D eigenvalue weighted by Gasteiger charge is 2.14. The Morgan fingerprint density at radius 3 is 2.65 bits per heavy atom. The molecule has 1 aromatic rings. The molecule has 0 aliphatic rings. The van der Waals surface area contributed by atoms with Crippen molar-refractivity contribution < 1.29 is 13.2 Å². The summed E-state index contributed by atoms with van der Waals surface area (Å²) in [7, 11) is -1.84. The molecule has 0 aromatic heterocycles. The van der Waals surface area contributed by atoms with E-state index in [1.54, 1.807) is 14.0 Å². The summed E-state index contributed by atoms with van der Waals surface area (Å²) in [6.45, 7) is 2.83. The first-order valence-electron chi connectivity index (χ1n) is 6.50. The molecule has 0 radical (unpaired) electrons. The van der Waals surface area contributed by atoms with E-state index in [1.165, 1.54) is 18.2 Å².